The maximum absolute atomic E-state index is 13.6. The average molecular weight is 976 g/mol. The molecule has 0 aromatic heterocycles. The SMILES string of the molecule is CCNc1ccc(C(=O)NCCCCC(NC(=O)CNC(C)C(=O)COCCOCCNC(C)(C)C(=O)C(CCC(=O)O)NC(=O)CCC(NC(=O)C2CCC(CNC)CC2)C(=O)O)C(N)=O)cc1. The highest BCUT2D eigenvalue weighted by Crippen LogP contribution is 2.28. The van der Waals surface area contributed by atoms with Crippen molar-refractivity contribution in [2.45, 2.75) is 128 Å². The van der Waals surface area contributed by atoms with Crippen molar-refractivity contribution in [1.29, 1.82) is 0 Å². The van der Waals surface area contributed by atoms with Gasteiger partial charge >= 0.3 is 11.9 Å². The summed E-state index contributed by atoms with van der Waals surface area (Å²) in [6, 6.07) is 2.90. The number of amides is 5. The van der Waals surface area contributed by atoms with Crippen LogP contribution in [0.2, 0.25) is 0 Å². The highest BCUT2D eigenvalue weighted by atomic mass is 16.5. The first-order chi connectivity index (χ1) is 32.8. The Morgan fingerprint density at radius 2 is 1.43 bits per heavy atom. The zero-order chi connectivity index (χ0) is 51.4. The number of benzene rings is 1. The number of carbonyl (C=O) groups excluding carboxylic acids is 7. The monoisotopic (exact) mass is 976 g/mol. The Labute approximate surface area is 404 Å². The number of Topliss-reactive ketones (excluding diaryl/α,β-unsaturated/α-hetero) is 2. The molecule has 1 saturated carbocycles. The smallest absolute Gasteiger partial charge is 0.326 e. The molecule has 0 bridgehead atoms. The van der Waals surface area contributed by atoms with Crippen molar-refractivity contribution in [3.63, 3.8) is 0 Å². The number of carbonyl (C=O) groups is 9. The lowest BCUT2D eigenvalue weighted by Crippen LogP contribution is -2.56. The van der Waals surface area contributed by atoms with E-state index in [0.717, 1.165) is 31.6 Å². The van der Waals surface area contributed by atoms with Gasteiger partial charge in [0.15, 0.2) is 11.6 Å². The fourth-order valence-electron chi connectivity index (χ4n) is 7.63. The summed E-state index contributed by atoms with van der Waals surface area (Å²) in [5.41, 5.74) is 5.70. The third-order valence-corrected chi connectivity index (χ3v) is 11.8. The number of nitrogens with one attached hydrogen (secondary N) is 8. The molecule has 1 aliphatic rings. The van der Waals surface area contributed by atoms with Crippen molar-refractivity contribution in [1.82, 2.24) is 37.2 Å². The largest absolute Gasteiger partial charge is 0.481 e. The van der Waals surface area contributed by atoms with E-state index in [0.29, 0.717) is 43.7 Å². The van der Waals surface area contributed by atoms with Gasteiger partial charge in [0.05, 0.1) is 44.0 Å². The molecule has 1 aromatic rings. The molecule has 1 aliphatic carbocycles. The van der Waals surface area contributed by atoms with Crippen LogP contribution in [0.3, 0.4) is 0 Å². The van der Waals surface area contributed by atoms with E-state index >= 15 is 0 Å². The minimum Gasteiger partial charge on any atom is -0.481 e. The number of nitrogens with two attached hydrogens (primary N) is 1. The average Bonchev–Trinajstić information content (AvgIpc) is 3.31. The van der Waals surface area contributed by atoms with Crippen molar-refractivity contribution in [3.05, 3.63) is 29.8 Å². The van der Waals surface area contributed by atoms with Crippen LogP contribution >= 0.6 is 0 Å². The topological polar surface area (TPSA) is 335 Å². The fourth-order valence-corrected chi connectivity index (χ4v) is 7.63. The van der Waals surface area contributed by atoms with Crippen molar-refractivity contribution in [2.24, 2.45) is 17.6 Å². The van der Waals surface area contributed by atoms with Gasteiger partial charge in [0.25, 0.3) is 5.91 Å². The molecule has 22 nitrogen and oxygen atoms in total. The second kappa shape index (κ2) is 32.3. The molecule has 1 fully saturated rings. The first-order valence-corrected chi connectivity index (χ1v) is 23.9. The summed E-state index contributed by atoms with van der Waals surface area (Å²) in [5, 5.41) is 41.7. The summed E-state index contributed by atoms with van der Waals surface area (Å²) in [6.07, 6.45) is 3.13. The normalized spacial score (nSPS) is 16.5. The van der Waals surface area contributed by atoms with Crippen molar-refractivity contribution >= 4 is 58.7 Å². The van der Waals surface area contributed by atoms with Crippen LogP contribution in [0, 0.1) is 11.8 Å². The molecule has 5 amide bonds. The molecule has 388 valence electrons. The Kier molecular flexibility index (Phi) is 27.9. The fraction of sp³-hybridized carbons (Fsp3) is 0.681. The van der Waals surface area contributed by atoms with E-state index < -0.39 is 71.6 Å². The Balaban J connectivity index is 1.67. The number of rotatable bonds is 37. The predicted molar refractivity (Wildman–Crippen MR) is 256 cm³/mol. The van der Waals surface area contributed by atoms with E-state index in [4.69, 9.17) is 15.2 Å². The molecule has 0 spiro atoms. The highest BCUT2D eigenvalue weighted by molar-refractivity contribution is 5.96. The van der Waals surface area contributed by atoms with Crippen molar-refractivity contribution in [2.75, 3.05) is 71.5 Å². The number of hydrogen-bond donors (Lipinski definition) is 11. The number of unbranched alkanes of at least 4 members (excludes halogenated alkanes) is 1. The number of carboxylic acid groups (broad SMARTS) is 2. The van der Waals surface area contributed by atoms with Gasteiger partial charge in [-0.2, -0.15) is 0 Å². The van der Waals surface area contributed by atoms with Crippen molar-refractivity contribution in [3.8, 4) is 0 Å². The summed E-state index contributed by atoms with van der Waals surface area (Å²) in [4.78, 5) is 112. The summed E-state index contributed by atoms with van der Waals surface area (Å²) in [5.74, 6) is -5.64. The van der Waals surface area contributed by atoms with E-state index in [1.807, 2.05) is 26.1 Å². The molecule has 0 aliphatic heterocycles. The molecule has 0 heterocycles. The zero-order valence-electron chi connectivity index (χ0n) is 40.9. The van der Waals surface area contributed by atoms with E-state index in [9.17, 15) is 53.4 Å². The maximum atomic E-state index is 13.6. The van der Waals surface area contributed by atoms with Gasteiger partial charge in [0.2, 0.25) is 23.6 Å². The molecule has 0 radical (unpaired) electrons. The maximum Gasteiger partial charge on any atom is 0.326 e. The lowest BCUT2D eigenvalue weighted by Gasteiger charge is -2.30. The van der Waals surface area contributed by atoms with Crippen LogP contribution in [0.4, 0.5) is 5.69 Å². The van der Waals surface area contributed by atoms with Crippen LogP contribution in [-0.4, -0.2) is 159 Å². The number of primary amides is 1. The van der Waals surface area contributed by atoms with Crippen LogP contribution in [-0.2, 0) is 47.8 Å². The minimum absolute atomic E-state index is 0.0583. The van der Waals surface area contributed by atoms with Gasteiger partial charge in [-0.1, -0.05) is 0 Å². The third kappa shape index (κ3) is 24.0. The van der Waals surface area contributed by atoms with E-state index in [1.54, 1.807) is 32.9 Å². The van der Waals surface area contributed by atoms with Crippen LogP contribution in [0.25, 0.3) is 0 Å². The van der Waals surface area contributed by atoms with Gasteiger partial charge in [0, 0.05) is 49.6 Å². The Morgan fingerprint density at radius 1 is 0.783 bits per heavy atom. The molecular weight excluding hydrogens is 899 g/mol. The number of hydrogen-bond acceptors (Lipinski definition) is 15. The van der Waals surface area contributed by atoms with Gasteiger partial charge in [0.1, 0.15) is 18.7 Å². The number of anilines is 1. The lowest BCUT2D eigenvalue weighted by atomic mass is 9.81. The molecule has 4 atom stereocenters. The van der Waals surface area contributed by atoms with Gasteiger partial charge in [-0.3, -0.25) is 43.7 Å². The third-order valence-electron chi connectivity index (χ3n) is 11.8. The van der Waals surface area contributed by atoms with Crippen LogP contribution in [0.5, 0.6) is 0 Å². The van der Waals surface area contributed by atoms with E-state index in [-0.39, 0.29) is 88.7 Å². The molecule has 69 heavy (non-hydrogen) atoms. The quantitative estimate of drug-likeness (QED) is 0.0398. The Morgan fingerprint density at radius 3 is 2.06 bits per heavy atom. The number of ketones is 2. The van der Waals surface area contributed by atoms with Gasteiger partial charge in [-0.15, -0.1) is 0 Å². The molecule has 0 saturated heterocycles. The first kappa shape index (κ1) is 59.6. The molecule has 12 N–H and O–H groups in total. The van der Waals surface area contributed by atoms with E-state index in [2.05, 4.69) is 42.5 Å². The van der Waals surface area contributed by atoms with Crippen LogP contribution in [0.15, 0.2) is 24.3 Å². The van der Waals surface area contributed by atoms with Gasteiger partial charge < -0.3 is 62.6 Å². The lowest BCUT2D eigenvalue weighted by molar-refractivity contribution is -0.143. The predicted octanol–water partition coefficient (Wildman–Crippen LogP) is 0.231. The minimum atomic E-state index is -1.32. The van der Waals surface area contributed by atoms with Gasteiger partial charge in [-0.05, 0) is 129 Å². The summed E-state index contributed by atoms with van der Waals surface area (Å²) in [6.45, 7) is 8.61. The van der Waals surface area contributed by atoms with Gasteiger partial charge in [-0.25, -0.2) is 4.79 Å². The second-order valence-electron chi connectivity index (χ2n) is 17.8. The van der Waals surface area contributed by atoms with E-state index in [1.165, 1.54) is 0 Å². The Bertz CT molecular complexity index is 1820. The molecule has 1 aromatic carbocycles. The molecule has 4 unspecified atom stereocenters. The zero-order valence-corrected chi connectivity index (χ0v) is 40.9. The summed E-state index contributed by atoms with van der Waals surface area (Å²) in [7, 11) is 1.87. The number of ether oxygens (including phenoxy) is 2. The summed E-state index contributed by atoms with van der Waals surface area (Å²) >= 11 is 0. The standard InChI is InChI=1S/C47H77N9O13/c1-6-50-34-16-14-32(15-17-34)44(64)51-22-8-7-9-36(43(48)63)55-40(59)28-52-30(2)38(57)29-69-26-25-68-24-23-53-47(3,4)42(62)35(19-21-41(60)61)54-39(58)20-18-37(46(66)67)56-45(65)33-12-10-31(11-13-33)27-49-5/h14-17,30-31,33,35-37,49-50,52-53H,6-13,18-29H2,1-5H3,(H2,48,63)(H,51,64)(H,54,58)(H,55,59)(H,56,65)(H,60,61)(H,66,67). The molecule has 22 heteroatoms. The second-order valence-corrected chi connectivity index (χ2v) is 17.8. The highest BCUT2D eigenvalue weighted by Gasteiger charge is 2.35. The van der Waals surface area contributed by atoms with Crippen LogP contribution in [0.1, 0.15) is 109 Å². The Hall–Kier alpha value is -5.55. The first-order valence-electron chi connectivity index (χ1n) is 23.9. The number of carboxylic acids is 2. The number of aliphatic carboxylic acids is 2. The molecular formula is C47H77N9O13. The van der Waals surface area contributed by atoms with Crippen LogP contribution < -0.4 is 48.3 Å². The molecule has 2 rings (SSSR count). The summed E-state index contributed by atoms with van der Waals surface area (Å²) < 4.78 is 11.0. The van der Waals surface area contributed by atoms with Crippen molar-refractivity contribution < 1.29 is 62.8 Å².